The number of rotatable bonds is 0. The lowest BCUT2D eigenvalue weighted by Gasteiger charge is -2.28. The number of allylic oxidation sites excluding steroid dienone is 4. The second-order valence-corrected chi connectivity index (χ2v) is 5.00. The van der Waals surface area contributed by atoms with Gasteiger partial charge < -0.3 is 0 Å². The van der Waals surface area contributed by atoms with Crippen LogP contribution in [0.15, 0.2) is 22.5 Å². The summed E-state index contributed by atoms with van der Waals surface area (Å²) in [5.74, 6) is 0.0382. The Morgan fingerprint density at radius 1 is 1.00 bits per heavy atom. The largest absolute Gasteiger partial charge is 0.207 e. The SMILES string of the molecule is CC1=C(F)C(C(C)(C)C)=C(C)CC1. The van der Waals surface area contributed by atoms with E-state index in [0.29, 0.717) is 0 Å². The lowest BCUT2D eigenvalue weighted by molar-refractivity contribution is 0.455. The van der Waals surface area contributed by atoms with Crippen LogP contribution in [0.3, 0.4) is 0 Å². The van der Waals surface area contributed by atoms with E-state index in [1.54, 1.807) is 0 Å². The third-order valence-corrected chi connectivity index (χ3v) is 2.65. The molecule has 0 spiro atoms. The number of hydrogen-bond acceptors (Lipinski definition) is 0. The molecule has 13 heavy (non-hydrogen) atoms. The van der Waals surface area contributed by atoms with Gasteiger partial charge in [-0.25, -0.2) is 4.39 Å². The number of hydrogen-bond donors (Lipinski definition) is 0. The smallest absolute Gasteiger partial charge is 0.125 e. The van der Waals surface area contributed by atoms with Gasteiger partial charge in [0.1, 0.15) is 5.83 Å². The Bertz CT molecular complexity index is 274. The fourth-order valence-electron chi connectivity index (χ4n) is 1.98. The molecule has 0 heterocycles. The third-order valence-electron chi connectivity index (χ3n) is 2.65. The zero-order valence-corrected chi connectivity index (χ0v) is 9.29. The molecular formula is C12H19F. The van der Waals surface area contributed by atoms with Gasteiger partial charge in [-0.2, -0.15) is 0 Å². The summed E-state index contributed by atoms with van der Waals surface area (Å²) in [7, 11) is 0. The van der Waals surface area contributed by atoms with Gasteiger partial charge in [0.2, 0.25) is 0 Å². The van der Waals surface area contributed by atoms with Crippen molar-refractivity contribution in [2.24, 2.45) is 5.41 Å². The molecule has 0 atom stereocenters. The van der Waals surface area contributed by atoms with Crippen LogP contribution < -0.4 is 0 Å². The fourth-order valence-corrected chi connectivity index (χ4v) is 1.98. The molecule has 0 aromatic carbocycles. The minimum Gasteiger partial charge on any atom is -0.207 e. The van der Waals surface area contributed by atoms with Crippen molar-refractivity contribution in [2.75, 3.05) is 0 Å². The minimum absolute atomic E-state index is 0.0382. The maximum Gasteiger partial charge on any atom is 0.125 e. The molecule has 1 rings (SSSR count). The molecular weight excluding hydrogens is 163 g/mol. The van der Waals surface area contributed by atoms with Crippen LogP contribution in [-0.2, 0) is 0 Å². The Kier molecular flexibility index (Phi) is 2.65. The van der Waals surface area contributed by atoms with E-state index in [2.05, 4.69) is 20.8 Å². The maximum atomic E-state index is 13.8. The van der Waals surface area contributed by atoms with Crippen molar-refractivity contribution >= 4 is 0 Å². The summed E-state index contributed by atoms with van der Waals surface area (Å²) in [6.07, 6.45) is 1.91. The molecule has 0 bridgehead atoms. The zero-order chi connectivity index (χ0) is 10.2. The van der Waals surface area contributed by atoms with Crippen molar-refractivity contribution in [1.82, 2.24) is 0 Å². The number of halogens is 1. The topological polar surface area (TPSA) is 0 Å². The van der Waals surface area contributed by atoms with Crippen LogP contribution in [0.5, 0.6) is 0 Å². The summed E-state index contributed by atoms with van der Waals surface area (Å²) in [6, 6.07) is 0. The molecule has 0 aromatic rings. The maximum absolute atomic E-state index is 13.8. The van der Waals surface area contributed by atoms with E-state index in [4.69, 9.17) is 0 Å². The molecule has 0 fully saturated rings. The van der Waals surface area contributed by atoms with Crippen molar-refractivity contribution in [2.45, 2.75) is 47.5 Å². The highest BCUT2D eigenvalue weighted by Gasteiger charge is 2.27. The van der Waals surface area contributed by atoms with Crippen molar-refractivity contribution in [1.29, 1.82) is 0 Å². The van der Waals surface area contributed by atoms with Gasteiger partial charge in [-0.15, -0.1) is 0 Å². The second-order valence-electron chi connectivity index (χ2n) is 5.00. The second kappa shape index (κ2) is 3.28. The molecule has 1 aliphatic rings. The van der Waals surface area contributed by atoms with Crippen molar-refractivity contribution in [3.63, 3.8) is 0 Å². The standard InChI is InChI=1S/C12H19F/c1-8-6-7-9(2)11(13)10(8)12(3,4)5/h6-7H2,1-5H3. The highest BCUT2D eigenvalue weighted by molar-refractivity contribution is 5.40. The van der Waals surface area contributed by atoms with Gasteiger partial charge >= 0.3 is 0 Å². The van der Waals surface area contributed by atoms with E-state index in [1.165, 1.54) is 5.57 Å². The molecule has 0 amide bonds. The van der Waals surface area contributed by atoms with Gasteiger partial charge in [-0.05, 0) is 43.3 Å². The van der Waals surface area contributed by atoms with Crippen molar-refractivity contribution in [3.05, 3.63) is 22.5 Å². The molecule has 0 saturated carbocycles. The summed E-state index contributed by atoms with van der Waals surface area (Å²) in [5, 5.41) is 0. The van der Waals surface area contributed by atoms with E-state index in [0.717, 1.165) is 24.0 Å². The molecule has 0 aromatic heterocycles. The van der Waals surface area contributed by atoms with Crippen LogP contribution >= 0.6 is 0 Å². The van der Waals surface area contributed by atoms with Crippen molar-refractivity contribution < 1.29 is 4.39 Å². The summed E-state index contributed by atoms with van der Waals surface area (Å²) in [5.41, 5.74) is 3.00. The monoisotopic (exact) mass is 182 g/mol. The van der Waals surface area contributed by atoms with E-state index in [9.17, 15) is 4.39 Å². The van der Waals surface area contributed by atoms with Crippen LogP contribution in [0.2, 0.25) is 0 Å². The van der Waals surface area contributed by atoms with Crippen LogP contribution in [0.1, 0.15) is 47.5 Å². The van der Waals surface area contributed by atoms with Crippen LogP contribution in [0.4, 0.5) is 4.39 Å². The molecule has 1 aliphatic carbocycles. The normalized spacial score (nSPS) is 19.8. The summed E-state index contributed by atoms with van der Waals surface area (Å²) < 4.78 is 13.8. The molecule has 0 unspecified atom stereocenters. The van der Waals surface area contributed by atoms with E-state index >= 15 is 0 Å². The van der Waals surface area contributed by atoms with Gasteiger partial charge in [0.05, 0.1) is 0 Å². The lowest BCUT2D eigenvalue weighted by atomic mass is 9.78. The highest BCUT2D eigenvalue weighted by Crippen LogP contribution is 2.41. The summed E-state index contributed by atoms with van der Waals surface area (Å²) in [4.78, 5) is 0. The van der Waals surface area contributed by atoms with Gasteiger partial charge in [0, 0.05) is 0 Å². The molecule has 74 valence electrons. The summed E-state index contributed by atoms with van der Waals surface area (Å²) >= 11 is 0. The lowest BCUT2D eigenvalue weighted by Crippen LogP contribution is -2.15. The average Bonchev–Trinajstić information content (AvgIpc) is 1.95. The quantitative estimate of drug-likeness (QED) is 0.521. The Hall–Kier alpha value is -0.590. The molecule has 0 aliphatic heterocycles. The van der Waals surface area contributed by atoms with Crippen LogP contribution in [0.25, 0.3) is 0 Å². The zero-order valence-electron chi connectivity index (χ0n) is 9.29. The minimum atomic E-state index is -0.0597. The predicted molar refractivity (Wildman–Crippen MR) is 55.2 cm³/mol. The summed E-state index contributed by atoms with van der Waals surface area (Å²) in [6.45, 7) is 10.2. The van der Waals surface area contributed by atoms with Gasteiger partial charge in [0.15, 0.2) is 0 Å². The predicted octanol–water partition coefficient (Wildman–Crippen LogP) is 4.39. The first-order valence-electron chi connectivity index (χ1n) is 4.90. The van der Waals surface area contributed by atoms with Crippen LogP contribution in [0, 0.1) is 5.41 Å². The molecule has 0 radical (unpaired) electrons. The molecule has 0 saturated heterocycles. The van der Waals surface area contributed by atoms with Gasteiger partial charge in [-0.1, -0.05) is 26.3 Å². The first kappa shape index (κ1) is 10.5. The first-order valence-corrected chi connectivity index (χ1v) is 4.90. The van der Waals surface area contributed by atoms with Gasteiger partial charge in [0.25, 0.3) is 0 Å². The van der Waals surface area contributed by atoms with Crippen LogP contribution in [-0.4, -0.2) is 0 Å². The van der Waals surface area contributed by atoms with E-state index in [1.807, 2.05) is 13.8 Å². The Balaban J connectivity index is 3.19. The molecule has 0 nitrogen and oxygen atoms in total. The van der Waals surface area contributed by atoms with Crippen molar-refractivity contribution in [3.8, 4) is 0 Å². The highest BCUT2D eigenvalue weighted by atomic mass is 19.1. The third kappa shape index (κ3) is 2.01. The molecule has 1 heteroatoms. The van der Waals surface area contributed by atoms with E-state index in [-0.39, 0.29) is 11.2 Å². The first-order chi connectivity index (χ1) is 5.84. The Morgan fingerprint density at radius 2 is 1.46 bits per heavy atom. The Morgan fingerprint density at radius 3 is 1.85 bits per heavy atom. The average molecular weight is 182 g/mol. The van der Waals surface area contributed by atoms with Gasteiger partial charge in [-0.3, -0.25) is 0 Å². The van der Waals surface area contributed by atoms with E-state index < -0.39 is 0 Å². The Labute approximate surface area is 80.5 Å². The molecule has 0 N–H and O–H groups in total. The fraction of sp³-hybridized carbons (Fsp3) is 0.667.